The Hall–Kier alpha value is -0.650. The average molecular weight is 316 g/mol. The summed E-state index contributed by atoms with van der Waals surface area (Å²) >= 11 is 6.50. The van der Waals surface area contributed by atoms with Gasteiger partial charge in [-0.05, 0) is 45.9 Å². The van der Waals surface area contributed by atoms with Crippen molar-refractivity contribution < 1.29 is 4.79 Å². The second-order valence-electron chi connectivity index (χ2n) is 3.35. The number of amides is 1. The first-order valence-corrected chi connectivity index (χ1v) is 7.27. The van der Waals surface area contributed by atoms with Crippen LogP contribution in [0.1, 0.15) is 20.1 Å². The third-order valence-electron chi connectivity index (χ3n) is 2.11. The van der Waals surface area contributed by atoms with Gasteiger partial charge in [0, 0.05) is 14.7 Å². The van der Waals surface area contributed by atoms with Gasteiger partial charge in [-0.1, -0.05) is 0 Å². The van der Waals surface area contributed by atoms with Crippen molar-refractivity contribution in [2.75, 3.05) is 0 Å². The predicted molar refractivity (Wildman–Crippen MR) is 72.2 cm³/mol. The zero-order chi connectivity index (χ0) is 11.5. The van der Waals surface area contributed by atoms with Crippen LogP contribution >= 0.6 is 38.6 Å². The molecule has 2 heterocycles. The fourth-order valence-electron chi connectivity index (χ4n) is 1.30. The van der Waals surface area contributed by atoms with Crippen molar-refractivity contribution >= 4 is 44.5 Å². The van der Waals surface area contributed by atoms with Crippen molar-refractivity contribution in [3.05, 3.63) is 42.7 Å². The lowest BCUT2D eigenvalue weighted by atomic mass is 10.3. The molecule has 1 amide bonds. The van der Waals surface area contributed by atoms with Crippen molar-refractivity contribution in [1.82, 2.24) is 5.32 Å². The first-order valence-electron chi connectivity index (χ1n) is 4.72. The van der Waals surface area contributed by atoms with Gasteiger partial charge in [-0.3, -0.25) is 4.79 Å². The number of carbonyl (C=O) groups is 1. The highest BCUT2D eigenvalue weighted by Gasteiger charge is 2.09. The maximum atomic E-state index is 11.8. The molecule has 0 atom stereocenters. The number of nitrogens with one attached hydrogen (secondary N) is 1. The monoisotopic (exact) mass is 315 g/mol. The molecule has 0 saturated heterocycles. The minimum Gasteiger partial charge on any atom is -0.346 e. The van der Waals surface area contributed by atoms with Crippen LogP contribution in [0.2, 0.25) is 0 Å². The summed E-state index contributed by atoms with van der Waals surface area (Å²) in [6.07, 6.45) is 0. The molecule has 0 aromatic carbocycles. The van der Waals surface area contributed by atoms with E-state index in [0.29, 0.717) is 6.54 Å². The molecule has 84 valence electrons. The van der Waals surface area contributed by atoms with E-state index < -0.39 is 0 Å². The Balaban J connectivity index is 1.96. The molecule has 0 saturated carbocycles. The molecular weight excluding hydrogens is 306 g/mol. The van der Waals surface area contributed by atoms with Crippen LogP contribution in [-0.2, 0) is 6.54 Å². The Morgan fingerprint density at radius 2 is 2.31 bits per heavy atom. The van der Waals surface area contributed by atoms with Gasteiger partial charge in [0.2, 0.25) is 0 Å². The highest BCUT2D eigenvalue weighted by atomic mass is 79.9. The van der Waals surface area contributed by atoms with E-state index in [1.165, 1.54) is 11.3 Å². The summed E-state index contributed by atoms with van der Waals surface area (Å²) in [5.74, 6) is 0.0111. The van der Waals surface area contributed by atoms with E-state index in [9.17, 15) is 4.79 Å². The molecule has 0 aliphatic carbocycles. The van der Waals surface area contributed by atoms with Gasteiger partial charge in [-0.25, -0.2) is 0 Å². The van der Waals surface area contributed by atoms with Gasteiger partial charge in [0.1, 0.15) is 0 Å². The molecule has 0 spiro atoms. The average Bonchev–Trinajstić information content (AvgIpc) is 2.84. The second-order valence-corrected chi connectivity index (χ2v) is 6.17. The van der Waals surface area contributed by atoms with Gasteiger partial charge in [0.05, 0.1) is 11.4 Å². The zero-order valence-corrected chi connectivity index (χ0v) is 11.8. The van der Waals surface area contributed by atoms with Gasteiger partial charge in [-0.15, -0.1) is 22.7 Å². The Bertz CT molecular complexity index is 504. The van der Waals surface area contributed by atoms with Crippen LogP contribution in [0.25, 0.3) is 0 Å². The molecule has 2 nitrogen and oxygen atoms in total. The minimum atomic E-state index is 0.0111. The lowest BCUT2D eigenvalue weighted by Gasteiger charge is -2.02. The summed E-state index contributed by atoms with van der Waals surface area (Å²) < 4.78 is 1.06. The highest BCUT2D eigenvalue weighted by Crippen LogP contribution is 2.20. The van der Waals surface area contributed by atoms with Crippen LogP contribution in [-0.4, -0.2) is 5.91 Å². The number of aryl methyl sites for hydroxylation is 1. The first-order chi connectivity index (χ1) is 7.66. The van der Waals surface area contributed by atoms with E-state index in [1.807, 2.05) is 29.8 Å². The van der Waals surface area contributed by atoms with E-state index in [0.717, 1.165) is 19.8 Å². The van der Waals surface area contributed by atoms with Gasteiger partial charge < -0.3 is 5.32 Å². The molecular formula is C11H10BrNOS2. The number of hydrogen-bond acceptors (Lipinski definition) is 3. The van der Waals surface area contributed by atoms with E-state index in [1.54, 1.807) is 11.3 Å². The quantitative estimate of drug-likeness (QED) is 0.916. The molecule has 0 fully saturated rings. The van der Waals surface area contributed by atoms with E-state index in [-0.39, 0.29) is 5.91 Å². The molecule has 2 aromatic rings. The van der Waals surface area contributed by atoms with Crippen molar-refractivity contribution in [1.29, 1.82) is 0 Å². The summed E-state index contributed by atoms with van der Waals surface area (Å²) in [6.45, 7) is 2.54. The van der Waals surface area contributed by atoms with Gasteiger partial charge in [0.15, 0.2) is 0 Å². The standard InChI is InChI=1S/C11H10BrNOS2/c1-7-2-3-15-10(7)11(14)13-5-9-4-8(12)6-16-9/h2-4,6H,5H2,1H3,(H,13,14). The summed E-state index contributed by atoms with van der Waals surface area (Å²) in [5, 5.41) is 6.86. The van der Waals surface area contributed by atoms with Crippen molar-refractivity contribution in [3.8, 4) is 0 Å². The SMILES string of the molecule is Cc1ccsc1C(=O)NCc1cc(Br)cs1. The molecule has 16 heavy (non-hydrogen) atoms. The van der Waals surface area contributed by atoms with Crippen LogP contribution in [0.3, 0.4) is 0 Å². The zero-order valence-electron chi connectivity index (χ0n) is 8.62. The summed E-state index contributed by atoms with van der Waals surface area (Å²) in [4.78, 5) is 13.7. The Labute approximate surface area is 110 Å². The summed E-state index contributed by atoms with van der Waals surface area (Å²) in [5.41, 5.74) is 1.04. The number of carbonyl (C=O) groups excluding carboxylic acids is 1. The van der Waals surface area contributed by atoms with Crippen LogP contribution in [0.5, 0.6) is 0 Å². The second kappa shape index (κ2) is 5.12. The smallest absolute Gasteiger partial charge is 0.261 e. The van der Waals surface area contributed by atoms with Gasteiger partial charge in [-0.2, -0.15) is 0 Å². The van der Waals surface area contributed by atoms with Gasteiger partial charge >= 0.3 is 0 Å². The van der Waals surface area contributed by atoms with Crippen LogP contribution in [0.4, 0.5) is 0 Å². The molecule has 0 bridgehead atoms. The van der Waals surface area contributed by atoms with Crippen LogP contribution < -0.4 is 5.32 Å². The summed E-state index contributed by atoms with van der Waals surface area (Å²) in [6, 6.07) is 3.98. The Kier molecular flexibility index (Phi) is 3.78. The molecule has 2 rings (SSSR count). The van der Waals surface area contributed by atoms with Crippen molar-refractivity contribution in [2.24, 2.45) is 0 Å². The first kappa shape index (κ1) is 11.8. The molecule has 2 aromatic heterocycles. The molecule has 0 aliphatic rings. The van der Waals surface area contributed by atoms with Crippen LogP contribution in [0, 0.1) is 6.92 Å². The van der Waals surface area contributed by atoms with Crippen molar-refractivity contribution in [3.63, 3.8) is 0 Å². The topological polar surface area (TPSA) is 29.1 Å². The summed E-state index contributed by atoms with van der Waals surface area (Å²) in [7, 11) is 0. The number of halogens is 1. The Morgan fingerprint density at radius 1 is 1.50 bits per heavy atom. The Morgan fingerprint density at radius 3 is 2.88 bits per heavy atom. The predicted octanol–water partition coefficient (Wildman–Crippen LogP) is 3.81. The third-order valence-corrected chi connectivity index (χ3v) is 4.83. The maximum Gasteiger partial charge on any atom is 0.261 e. The largest absolute Gasteiger partial charge is 0.346 e. The number of rotatable bonds is 3. The highest BCUT2D eigenvalue weighted by molar-refractivity contribution is 9.10. The van der Waals surface area contributed by atoms with E-state index in [2.05, 4.69) is 21.2 Å². The minimum absolute atomic E-state index is 0.0111. The lowest BCUT2D eigenvalue weighted by Crippen LogP contribution is -2.21. The van der Waals surface area contributed by atoms with Crippen molar-refractivity contribution in [2.45, 2.75) is 13.5 Å². The third kappa shape index (κ3) is 2.72. The maximum absolute atomic E-state index is 11.8. The van der Waals surface area contributed by atoms with E-state index >= 15 is 0 Å². The molecule has 1 N–H and O–H groups in total. The fraction of sp³-hybridized carbons (Fsp3) is 0.182. The lowest BCUT2D eigenvalue weighted by molar-refractivity contribution is 0.0955. The fourth-order valence-corrected chi connectivity index (χ4v) is 3.53. The molecule has 0 radical (unpaired) electrons. The number of hydrogen-bond donors (Lipinski definition) is 1. The number of thiophene rings is 2. The normalized spacial score (nSPS) is 10.4. The van der Waals surface area contributed by atoms with E-state index in [4.69, 9.17) is 0 Å². The van der Waals surface area contributed by atoms with Crippen LogP contribution in [0.15, 0.2) is 27.4 Å². The molecule has 0 aliphatic heterocycles. The van der Waals surface area contributed by atoms with Gasteiger partial charge in [0.25, 0.3) is 5.91 Å². The molecule has 5 heteroatoms. The molecule has 0 unspecified atom stereocenters.